The molecule has 3 nitrogen and oxygen atoms in total. The lowest BCUT2D eigenvalue weighted by molar-refractivity contribution is 0.669. The minimum absolute atomic E-state index is 0.913. The molecule has 30 rings (SSSR count). The number of para-hydroxylation sites is 6. The van der Waals surface area contributed by atoms with Gasteiger partial charge < -0.3 is 13.3 Å². The first-order chi connectivity index (χ1) is 73.9. The largest absolute Gasteiger partial charge is 0.455 e. The van der Waals surface area contributed by atoms with E-state index >= 15 is 0 Å². The molecule has 0 spiro atoms. The van der Waals surface area contributed by atoms with Crippen molar-refractivity contribution in [1.29, 1.82) is 0 Å². The maximum absolute atomic E-state index is 6.44. The topological polar surface area (TPSA) is 39.4 Å². The van der Waals surface area contributed by atoms with E-state index in [0.29, 0.717) is 0 Å². The molecule has 0 unspecified atom stereocenters. The van der Waals surface area contributed by atoms with E-state index in [4.69, 9.17) is 13.3 Å². The summed E-state index contributed by atoms with van der Waals surface area (Å²) in [5, 5.41) is 26.9. The normalized spacial score (nSPS) is 11.6. The van der Waals surface area contributed by atoms with E-state index < -0.39 is 0 Å². The van der Waals surface area contributed by atoms with Gasteiger partial charge in [0.1, 0.15) is 33.5 Å². The number of rotatable bonds is 13. The summed E-state index contributed by atoms with van der Waals surface area (Å²) in [6.45, 7) is 0. The third kappa shape index (κ3) is 15.5. The molecule has 3 aromatic heterocycles. The van der Waals surface area contributed by atoms with Crippen molar-refractivity contribution < 1.29 is 13.3 Å². The summed E-state index contributed by atoms with van der Waals surface area (Å²) < 4.78 is 19.3. The molecule has 0 radical (unpaired) electrons. The Kier molecular flexibility index (Phi) is 21.7. The maximum Gasteiger partial charge on any atom is 0.143 e. The number of hydrogen-bond acceptors (Lipinski definition) is 3. The quantitative estimate of drug-likeness (QED) is 0.108. The second kappa shape index (κ2) is 37.0. The van der Waals surface area contributed by atoms with Crippen LogP contribution in [0.1, 0.15) is 0 Å². The predicted octanol–water partition coefficient (Wildman–Crippen LogP) is 41.7. The maximum atomic E-state index is 6.44. The van der Waals surface area contributed by atoms with Crippen LogP contribution < -0.4 is 0 Å². The lowest BCUT2D eigenvalue weighted by atomic mass is 9.83. The van der Waals surface area contributed by atoms with Gasteiger partial charge in [0.25, 0.3) is 0 Å². The summed E-state index contributed by atoms with van der Waals surface area (Å²) in [6.07, 6.45) is 0. The van der Waals surface area contributed by atoms with Crippen LogP contribution in [-0.4, -0.2) is 0 Å². The van der Waals surface area contributed by atoms with E-state index in [1.165, 1.54) is 197 Å². The van der Waals surface area contributed by atoms with Crippen LogP contribution >= 0.6 is 0 Å². The van der Waals surface area contributed by atoms with Gasteiger partial charge in [0.05, 0.1) is 0 Å². The lowest BCUT2D eigenvalue weighted by Crippen LogP contribution is -1.92. The first-order valence-electron chi connectivity index (χ1n) is 51.2. The summed E-state index contributed by atoms with van der Waals surface area (Å²) >= 11 is 0. The SMILES string of the molecule is c1ccc(-c2c3ccccc3c(-c3ccc4ccccc4c3)c3cc(-c4cccc(-c5cccc6c5oc5ccccc56)c4)ccc23)cc1.c1ccc(-c2c3ccccc3c(-c3cccc4ccccc34)c3cc(-c4cccc(-c5cccc6c5oc5ccccc56)c4)ccc23)cc1.c1ccc(-c2ccc(-c3c4ccccc4c(-c4ccccc4)c4ccc(-c5cccc(-c6cccc7c6oc6ccccc67)c5)cc34)cc2)cc1. The Hall–Kier alpha value is -19.6. The minimum Gasteiger partial charge on any atom is -0.455 e. The van der Waals surface area contributed by atoms with Crippen molar-refractivity contribution in [2.24, 2.45) is 0 Å². The third-order valence-electron chi connectivity index (χ3n) is 30.4. The van der Waals surface area contributed by atoms with Gasteiger partial charge in [-0.15, -0.1) is 0 Å². The van der Waals surface area contributed by atoms with E-state index in [1.54, 1.807) is 0 Å². The average Bonchev–Trinajstić information content (AvgIpc) is 1.46. The molecule has 0 atom stereocenters. The summed E-state index contributed by atoms with van der Waals surface area (Å²) in [4.78, 5) is 0. The molecule has 149 heavy (non-hydrogen) atoms. The molecule has 0 bridgehead atoms. The zero-order chi connectivity index (χ0) is 98.4. The molecule has 0 N–H and O–H groups in total. The van der Waals surface area contributed by atoms with E-state index in [2.05, 4.69) is 522 Å². The zero-order valence-electron chi connectivity index (χ0n) is 81.3. The molecular weight excluding hydrogens is 1800 g/mol. The molecule has 27 aromatic carbocycles. The number of benzene rings is 27. The fourth-order valence-electron chi connectivity index (χ4n) is 23.5. The first kappa shape index (κ1) is 87.2. The summed E-state index contributed by atoms with van der Waals surface area (Å²) in [7, 11) is 0. The highest BCUT2D eigenvalue weighted by molar-refractivity contribution is 6.27. The first-order valence-corrected chi connectivity index (χ1v) is 51.2. The molecule has 0 aliphatic carbocycles. The monoisotopic (exact) mass is 1890 g/mol. The number of fused-ring (bicyclic) bond motifs is 17. The number of furan rings is 3. The van der Waals surface area contributed by atoms with Gasteiger partial charge in [0.2, 0.25) is 0 Å². The van der Waals surface area contributed by atoms with Gasteiger partial charge in [0.15, 0.2) is 0 Å². The summed E-state index contributed by atoms with van der Waals surface area (Å²) in [6, 6.07) is 202. The molecule has 3 heterocycles. The van der Waals surface area contributed by atoms with Crippen LogP contribution in [-0.2, 0) is 0 Å². The Bertz CT molecular complexity index is 10500. The fraction of sp³-hybridized carbons (Fsp3) is 0. The van der Waals surface area contributed by atoms with E-state index in [1.807, 2.05) is 36.4 Å². The van der Waals surface area contributed by atoms with Crippen LogP contribution in [0.5, 0.6) is 0 Å². The smallest absolute Gasteiger partial charge is 0.143 e. The standard InChI is InChI=1S/C50H32O.2C48H30O/c1-3-13-33(14-4-1)34-25-27-36(28-26-34)49-43-21-8-7-20-42(43)48(35-15-5-2-6-16-35)44-30-29-38(32-46(44)49)37-17-11-18-39(31-37)40-22-12-23-45-41-19-9-10-24-47(41)51-50(40)45;1-2-14-32(15-3-1)46-40-21-6-7-22-41(40)47(39-24-11-16-31-13-4-5-19-36(31)39)44-30-34(27-28-42(44)46)33-17-10-18-35(29-33)37-23-12-25-43-38-20-8-9-26-45(38)49-48(37)43;1-2-13-32(14-3-1)46-40-19-6-7-20-41(40)47(37-25-24-31-12-4-5-15-33(31)29-37)44-30-35(26-27-42(44)46)34-16-10-17-36(28-34)38-21-11-22-43-39-18-8-9-23-45(39)49-48(38)43/h1-32H;2*1-30H. The molecule has 0 saturated heterocycles. The van der Waals surface area contributed by atoms with Crippen LogP contribution in [0.15, 0.2) is 571 Å². The number of hydrogen-bond donors (Lipinski definition) is 0. The Labute approximate surface area is 861 Å². The van der Waals surface area contributed by atoms with Crippen molar-refractivity contribution in [3.8, 4) is 145 Å². The molecule has 694 valence electrons. The van der Waals surface area contributed by atoms with Crippen molar-refractivity contribution in [2.45, 2.75) is 0 Å². The summed E-state index contributed by atoms with van der Waals surface area (Å²) in [5.41, 5.74) is 36.7. The zero-order valence-corrected chi connectivity index (χ0v) is 81.3. The van der Waals surface area contributed by atoms with Gasteiger partial charge in [-0.3, -0.25) is 0 Å². The van der Waals surface area contributed by atoms with Crippen molar-refractivity contribution >= 4 is 152 Å². The van der Waals surface area contributed by atoms with Crippen LogP contribution in [0.4, 0.5) is 0 Å². The van der Waals surface area contributed by atoms with Gasteiger partial charge >= 0.3 is 0 Å². The fourth-order valence-corrected chi connectivity index (χ4v) is 23.5. The van der Waals surface area contributed by atoms with Gasteiger partial charge in [-0.05, 0) is 275 Å². The average molecular weight is 1890 g/mol. The Morgan fingerprint density at radius 1 is 0.0940 bits per heavy atom. The summed E-state index contributed by atoms with van der Waals surface area (Å²) in [5.74, 6) is 0. The Morgan fingerprint density at radius 3 is 0.725 bits per heavy atom. The molecule has 0 aliphatic rings. The molecular formula is C146H92O3. The van der Waals surface area contributed by atoms with E-state index in [0.717, 1.165) is 99.2 Å². The molecule has 0 saturated carbocycles. The van der Waals surface area contributed by atoms with Crippen LogP contribution in [0.25, 0.3) is 297 Å². The Balaban J connectivity index is 0.000000108. The highest BCUT2D eigenvalue weighted by Gasteiger charge is 2.26. The molecule has 3 heteroatoms. The predicted molar refractivity (Wildman–Crippen MR) is 632 cm³/mol. The van der Waals surface area contributed by atoms with Gasteiger partial charge in [-0.2, -0.15) is 0 Å². The molecule has 30 aromatic rings. The van der Waals surface area contributed by atoms with Crippen LogP contribution in [0, 0.1) is 0 Å². The molecule has 0 amide bonds. The van der Waals surface area contributed by atoms with E-state index in [9.17, 15) is 0 Å². The van der Waals surface area contributed by atoms with Gasteiger partial charge in [-0.1, -0.05) is 497 Å². The second-order valence-electron chi connectivity index (χ2n) is 38.9. The second-order valence-corrected chi connectivity index (χ2v) is 38.9. The van der Waals surface area contributed by atoms with Crippen molar-refractivity contribution in [2.75, 3.05) is 0 Å². The molecule has 0 aliphatic heterocycles. The lowest BCUT2D eigenvalue weighted by Gasteiger charge is -2.20. The van der Waals surface area contributed by atoms with Gasteiger partial charge in [0, 0.05) is 49.0 Å². The Morgan fingerprint density at radius 2 is 0.322 bits per heavy atom. The van der Waals surface area contributed by atoms with E-state index in [-0.39, 0.29) is 0 Å². The van der Waals surface area contributed by atoms with Gasteiger partial charge in [-0.25, -0.2) is 0 Å². The van der Waals surface area contributed by atoms with Crippen molar-refractivity contribution in [3.63, 3.8) is 0 Å². The van der Waals surface area contributed by atoms with Crippen molar-refractivity contribution in [1.82, 2.24) is 0 Å². The highest BCUT2D eigenvalue weighted by Crippen LogP contribution is 2.53. The highest BCUT2D eigenvalue weighted by atomic mass is 16.3. The van der Waals surface area contributed by atoms with Crippen LogP contribution in [0.3, 0.4) is 0 Å². The van der Waals surface area contributed by atoms with Crippen LogP contribution in [0.2, 0.25) is 0 Å². The van der Waals surface area contributed by atoms with Crippen molar-refractivity contribution in [3.05, 3.63) is 558 Å². The third-order valence-corrected chi connectivity index (χ3v) is 30.4. The molecule has 0 fully saturated rings. The minimum atomic E-state index is 0.913.